The summed E-state index contributed by atoms with van der Waals surface area (Å²) in [6.45, 7) is 7.47. The molecule has 0 bridgehead atoms. The first kappa shape index (κ1) is 25.5. The second-order valence-electron chi connectivity index (χ2n) is 6.50. The minimum Gasteiger partial charge on any atom is -0.262 e. The first-order valence-corrected chi connectivity index (χ1v) is 9.52. The molecule has 0 fully saturated rings. The SMILES string of the molecule is Cc1cc(F)ccn1.Cc1ccc(F)cc1.Cc1ccc(F)cn1.Cc1ccccn1. The average Bonchev–Trinajstić information content (AvgIpc) is 2.74. The molecule has 0 saturated carbocycles. The minimum atomic E-state index is -0.282. The standard InChI is InChI=1S/C7H7F.2C6H6FN.C6H7N/c1-6-2-4-7(8)5-3-6;1-5-4-6(7)2-3-8-5;1-5-2-3-6(7)4-8-5;1-6-4-2-3-5-7-6/h2-5H,1H3;2*2-4H,1H3;2-5H,1H3. The molecule has 1 aromatic carbocycles. The Morgan fingerprint density at radius 3 is 1.48 bits per heavy atom. The molecule has 0 atom stereocenters. The van der Waals surface area contributed by atoms with Crippen molar-refractivity contribution in [2.45, 2.75) is 27.7 Å². The summed E-state index contributed by atoms with van der Waals surface area (Å²) in [6, 6.07) is 18.0. The molecule has 0 aliphatic carbocycles. The van der Waals surface area contributed by atoms with E-state index in [9.17, 15) is 13.2 Å². The fourth-order valence-electron chi connectivity index (χ4n) is 1.94. The third kappa shape index (κ3) is 13.3. The van der Waals surface area contributed by atoms with E-state index in [1.54, 1.807) is 31.3 Å². The van der Waals surface area contributed by atoms with Crippen molar-refractivity contribution >= 4 is 0 Å². The molecule has 3 heterocycles. The Morgan fingerprint density at radius 2 is 1.13 bits per heavy atom. The van der Waals surface area contributed by atoms with Crippen LogP contribution in [0.3, 0.4) is 0 Å². The van der Waals surface area contributed by atoms with Crippen molar-refractivity contribution in [1.29, 1.82) is 0 Å². The van der Waals surface area contributed by atoms with Crippen LogP contribution >= 0.6 is 0 Å². The molecule has 0 aliphatic heterocycles. The van der Waals surface area contributed by atoms with Crippen molar-refractivity contribution in [1.82, 2.24) is 15.0 Å². The van der Waals surface area contributed by atoms with Crippen molar-refractivity contribution in [3.05, 3.63) is 125 Å². The van der Waals surface area contributed by atoms with E-state index in [2.05, 4.69) is 15.0 Å². The van der Waals surface area contributed by atoms with Gasteiger partial charge in [0.1, 0.15) is 17.5 Å². The van der Waals surface area contributed by atoms with Gasteiger partial charge in [0.05, 0.1) is 6.20 Å². The van der Waals surface area contributed by atoms with Gasteiger partial charge in [-0.1, -0.05) is 23.8 Å². The number of hydrogen-bond donors (Lipinski definition) is 0. The zero-order valence-electron chi connectivity index (χ0n) is 18.1. The number of rotatable bonds is 0. The highest BCUT2D eigenvalue weighted by Gasteiger charge is 1.86. The highest BCUT2D eigenvalue weighted by Crippen LogP contribution is 1.99. The van der Waals surface area contributed by atoms with Gasteiger partial charge in [0.15, 0.2) is 0 Å². The van der Waals surface area contributed by atoms with Crippen molar-refractivity contribution in [2.75, 3.05) is 0 Å². The van der Waals surface area contributed by atoms with Gasteiger partial charge in [0.2, 0.25) is 0 Å². The van der Waals surface area contributed by atoms with Gasteiger partial charge in [0.25, 0.3) is 0 Å². The molecule has 0 N–H and O–H groups in total. The lowest BCUT2D eigenvalue weighted by Crippen LogP contribution is -1.79. The van der Waals surface area contributed by atoms with Gasteiger partial charge in [-0.25, -0.2) is 13.2 Å². The number of aryl methyl sites for hydroxylation is 4. The molecule has 3 nitrogen and oxygen atoms in total. The molecule has 3 aromatic heterocycles. The number of nitrogens with zero attached hydrogens (tertiary/aromatic N) is 3. The Labute approximate surface area is 181 Å². The molecule has 4 rings (SSSR count). The molecule has 31 heavy (non-hydrogen) atoms. The molecule has 0 aliphatic rings. The van der Waals surface area contributed by atoms with Crippen LogP contribution in [0.25, 0.3) is 0 Å². The van der Waals surface area contributed by atoms with Crippen LogP contribution in [-0.4, -0.2) is 15.0 Å². The average molecular weight is 425 g/mol. The van der Waals surface area contributed by atoms with Gasteiger partial charge in [0, 0.05) is 29.5 Å². The van der Waals surface area contributed by atoms with Crippen molar-refractivity contribution < 1.29 is 13.2 Å². The minimum absolute atomic E-state index is 0.171. The maximum absolute atomic E-state index is 12.1. The highest BCUT2D eigenvalue weighted by atomic mass is 19.1. The van der Waals surface area contributed by atoms with Crippen LogP contribution in [0.2, 0.25) is 0 Å². The first-order chi connectivity index (χ1) is 14.8. The van der Waals surface area contributed by atoms with Gasteiger partial charge in [-0.05, 0) is 76.2 Å². The first-order valence-electron chi connectivity index (χ1n) is 9.52. The van der Waals surface area contributed by atoms with Gasteiger partial charge in [-0.2, -0.15) is 0 Å². The number of halogens is 3. The summed E-state index contributed by atoms with van der Waals surface area (Å²) >= 11 is 0. The zero-order valence-corrected chi connectivity index (χ0v) is 18.1. The van der Waals surface area contributed by atoms with E-state index in [0.29, 0.717) is 5.69 Å². The van der Waals surface area contributed by atoms with Crippen molar-refractivity contribution in [3.8, 4) is 0 Å². The largest absolute Gasteiger partial charge is 0.262 e. The molecule has 0 radical (unpaired) electrons. The maximum Gasteiger partial charge on any atom is 0.141 e. The Bertz CT molecular complexity index is 888. The summed E-state index contributed by atoms with van der Waals surface area (Å²) < 4.78 is 36.2. The topological polar surface area (TPSA) is 38.7 Å². The lowest BCUT2D eigenvalue weighted by Gasteiger charge is -1.87. The van der Waals surface area contributed by atoms with Gasteiger partial charge in [-0.3, -0.25) is 15.0 Å². The van der Waals surface area contributed by atoms with E-state index in [0.717, 1.165) is 17.0 Å². The van der Waals surface area contributed by atoms with Crippen LogP contribution in [0.4, 0.5) is 13.2 Å². The van der Waals surface area contributed by atoms with E-state index in [1.807, 2.05) is 39.0 Å². The summed E-state index contributed by atoms with van der Waals surface area (Å²) in [5.41, 5.74) is 3.71. The maximum atomic E-state index is 12.1. The van der Waals surface area contributed by atoms with Crippen LogP contribution in [0, 0.1) is 45.1 Å². The Kier molecular flexibility index (Phi) is 11.9. The third-order valence-corrected chi connectivity index (χ3v) is 3.56. The van der Waals surface area contributed by atoms with Crippen molar-refractivity contribution in [2.24, 2.45) is 0 Å². The van der Waals surface area contributed by atoms with Gasteiger partial charge in [-0.15, -0.1) is 0 Å². The normalized spacial score (nSPS) is 9.13. The fourth-order valence-corrected chi connectivity index (χ4v) is 1.94. The summed E-state index contributed by atoms with van der Waals surface area (Å²) in [5, 5.41) is 0. The van der Waals surface area contributed by atoms with Crippen LogP contribution in [0.5, 0.6) is 0 Å². The van der Waals surface area contributed by atoms with Gasteiger partial charge < -0.3 is 0 Å². The molecule has 4 aromatic rings. The quantitative estimate of drug-likeness (QED) is 0.319. The summed E-state index contributed by atoms with van der Waals surface area (Å²) in [7, 11) is 0. The zero-order chi connectivity index (χ0) is 23.1. The number of aromatic nitrogens is 3. The molecular formula is C25H26F3N3. The molecule has 0 amide bonds. The third-order valence-electron chi connectivity index (χ3n) is 3.56. The van der Waals surface area contributed by atoms with Crippen LogP contribution in [0.1, 0.15) is 22.6 Å². The van der Waals surface area contributed by atoms with Crippen LogP contribution in [0.15, 0.2) is 85.3 Å². The molecule has 6 heteroatoms. The van der Waals surface area contributed by atoms with E-state index in [4.69, 9.17) is 0 Å². The molecule has 162 valence electrons. The molecule has 0 spiro atoms. The smallest absolute Gasteiger partial charge is 0.141 e. The Morgan fingerprint density at radius 1 is 0.516 bits per heavy atom. The van der Waals surface area contributed by atoms with E-state index < -0.39 is 0 Å². The summed E-state index contributed by atoms with van der Waals surface area (Å²) in [6.07, 6.45) is 4.44. The molecule has 0 unspecified atom stereocenters. The molecular weight excluding hydrogens is 399 g/mol. The van der Waals surface area contributed by atoms with E-state index >= 15 is 0 Å². The predicted molar refractivity (Wildman–Crippen MR) is 118 cm³/mol. The van der Waals surface area contributed by atoms with Crippen LogP contribution < -0.4 is 0 Å². The Hall–Kier alpha value is -3.54. The van der Waals surface area contributed by atoms with Crippen LogP contribution in [-0.2, 0) is 0 Å². The lowest BCUT2D eigenvalue weighted by atomic mass is 10.2. The predicted octanol–water partition coefficient (Wildman–Crippen LogP) is 6.58. The lowest BCUT2D eigenvalue weighted by molar-refractivity contribution is 0.620. The van der Waals surface area contributed by atoms with Gasteiger partial charge >= 0.3 is 0 Å². The van der Waals surface area contributed by atoms with E-state index in [1.165, 1.54) is 42.7 Å². The number of benzene rings is 1. The summed E-state index contributed by atoms with van der Waals surface area (Å²) in [4.78, 5) is 11.5. The second-order valence-corrected chi connectivity index (χ2v) is 6.50. The number of pyridine rings is 3. The van der Waals surface area contributed by atoms with Crippen molar-refractivity contribution in [3.63, 3.8) is 0 Å². The second kappa shape index (κ2) is 14.4. The summed E-state index contributed by atoms with van der Waals surface area (Å²) in [5.74, 6) is -0.677. The number of hydrogen-bond acceptors (Lipinski definition) is 3. The monoisotopic (exact) mass is 425 g/mol. The van der Waals surface area contributed by atoms with E-state index in [-0.39, 0.29) is 17.5 Å². The molecule has 0 saturated heterocycles. The fraction of sp³-hybridized carbons (Fsp3) is 0.160. The highest BCUT2D eigenvalue weighted by molar-refractivity contribution is 5.13. The Balaban J connectivity index is 0.000000207.